The lowest BCUT2D eigenvalue weighted by Gasteiger charge is -2.42. The highest BCUT2D eigenvalue weighted by molar-refractivity contribution is 5.74. The van der Waals surface area contributed by atoms with Crippen LogP contribution < -0.4 is 15.4 Å². The summed E-state index contributed by atoms with van der Waals surface area (Å²) in [7, 11) is 1.43. The van der Waals surface area contributed by atoms with Crippen molar-refractivity contribution in [2.45, 2.75) is 50.6 Å². The number of ether oxygens (including phenoxy) is 1. The van der Waals surface area contributed by atoms with E-state index in [-0.39, 0.29) is 22.7 Å². The summed E-state index contributed by atoms with van der Waals surface area (Å²) in [6, 6.07) is 11.8. The molecule has 34 heavy (non-hydrogen) atoms. The molecule has 0 spiro atoms. The van der Waals surface area contributed by atoms with E-state index in [1.165, 1.54) is 26.0 Å². The molecule has 4 heterocycles. The van der Waals surface area contributed by atoms with Gasteiger partial charge in [-0.15, -0.1) is 10.2 Å². The zero-order chi connectivity index (χ0) is 23.9. The van der Waals surface area contributed by atoms with Crippen molar-refractivity contribution in [1.82, 2.24) is 20.5 Å². The summed E-state index contributed by atoms with van der Waals surface area (Å²) in [5.74, 6) is 0.879. The maximum Gasteiger partial charge on any atom is 0.216 e. The Balaban J connectivity index is 1.27. The van der Waals surface area contributed by atoms with Gasteiger partial charge in [-0.3, -0.25) is 0 Å². The van der Waals surface area contributed by atoms with E-state index in [1.54, 1.807) is 24.3 Å². The second-order valence-corrected chi connectivity index (χ2v) is 10.2. The summed E-state index contributed by atoms with van der Waals surface area (Å²) in [6.45, 7) is 5.53. The molecule has 5 rings (SSSR count). The SMILES string of the molecule is COc1cc(-c2ccc(-c3ccc(NCC4CC5(C)CCC(C)(C4)N5)nn3)c(O)c2)cc(F)n1. The Bertz CT molecular complexity index is 1190. The molecule has 3 N–H and O–H groups in total. The van der Waals surface area contributed by atoms with Gasteiger partial charge in [0.05, 0.1) is 12.8 Å². The summed E-state index contributed by atoms with van der Waals surface area (Å²) < 4.78 is 18.8. The van der Waals surface area contributed by atoms with Crippen molar-refractivity contribution < 1.29 is 14.2 Å². The smallest absolute Gasteiger partial charge is 0.216 e. The van der Waals surface area contributed by atoms with Gasteiger partial charge in [0.1, 0.15) is 11.6 Å². The number of piperidine rings is 1. The van der Waals surface area contributed by atoms with Crippen LogP contribution in [0.15, 0.2) is 42.5 Å². The predicted molar refractivity (Wildman–Crippen MR) is 129 cm³/mol. The van der Waals surface area contributed by atoms with E-state index in [9.17, 15) is 9.50 Å². The maximum absolute atomic E-state index is 13.8. The Hall–Kier alpha value is -3.26. The number of nitrogens with one attached hydrogen (secondary N) is 2. The second-order valence-electron chi connectivity index (χ2n) is 10.2. The molecule has 178 valence electrons. The molecule has 3 aromatic rings. The molecule has 2 atom stereocenters. The number of halogens is 1. The Kier molecular flexibility index (Phi) is 5.64. The fraction of sp³-hybridized carbons (Fsp3) is 0.423. The maximum atomic E-state index is 13.8. The summed E-state index contributed by atoms with van der Waals surface area (Å²) in [6.07, 6.45) is 4.80. The van der Waals surface area contributed by atoms with Crippen molar-refractivity contribution in [3.05, 3.63) is 48.4 Å². The van der Waals surface area contributed by atoms with Crippen molar-refractivity contribution in [2.75, 3.05) is 19.0 Å². The van der Waals surface area contributed by atoms with Crippen molar-refractivity contribution >= 4 is 5.82 Å². The van der Waals surface area contributed by atoms with Crippen LogP contribution in [0.2, 0.25) is 0 Å². The van der Waals surface area contributed by atoms with E-state index in [1.807, 2.05) is 12.1 Å². The molecular weight excluding hydrogens is 433 g/mol. The van der Waals surface area contributed by atoms with Gasteiger partial charge in [0.25, 0.3) is 0 Å². The zero-order valence-corrected chi connectivity index (χ0v) is 19.7. The number of rotatable bonds is 6. The van der Waals surface area contributed by atoms with Crippen LogP contribution in [-0.2, 0) is 0 Å². The van der Waals surface area contributed by atoms with Crippen LogP contribution in [-0.4, -0.2) is 45.0 Å². The predicted octanol–water partition coefficient (Wildman–Crippen LogP) is 4.78. The molecular formula is C26H30FN5O2. The van der Waals surface area contributed by atoms with Gasteiger partial charge in [-0.2, -0.15) is 9.37 Å². The molecule has 7 nitrogen and oxygen atoms in total. The summed E-state index contributed by atoms with van der Waals surface area (Å²) in [4.78, 5) is 3.66. The summed E-state index contributed by atoms with van der Waals surface area (Å²) in [5, 5.41) is 26.5. The van der Waals surface area contributed by atoms with Gasteiger partial charge in [-0.1, -0.05) is 6.07 Å². The molecule has 0 aliphatic carbocycles. The van der Waals surface area contributed by atoms with Gasteiger partial charge < -0.3 is 20.5 Å². The molecule has 2 aliphatic heterocycles. The highest BCUT2D eigenvalue weighted by Gasteiger charge is 2.48. The fourth-order valence-corrected chi connectivity index (χ4v) is 5.69. The average molecular weight is 464 g/mol. The second kappa shape index (κ2) is 8.51. The molecule has 2 aromatic heterocycles. The van der Waals surface area contributed by atoms with Crippen molar-refractivity contribution in [2.24, 2.45) is 5.92 Å². The molecule has 2 fully saturated rings. The van der Waals surface area contributed by atoms with E-state index in [0.29, 0.717) is 28.3 Å². The normalized spacial score (nSPS) is 25.8. The van der Waals surface area contributed by atoms with Crippen molar-refractivity contribution in [1.29, 1.82) is 0 Å². The minimum atomic E-state index is -0.646. The third-order valence-corrected chi connectivity index (χ3v) is 7.13. The number of anilines is 1. The minimum absolute atomic E-state index is 0.0374. The topological polar surface area (TPSA) is 92.2 Å². The lowest BCUT2D eigenvalue weighted by molar-refractivity contribution is 0.178. The first-order valence-corrected chi connectivity index (χ1v) is 11.7. The third-order valence-electron chi connectivity index (χ3n) is 7.13. The molecule has 8 heteroatoms. The van der Waals surface area contributed by atoms with Crippen LogP contribution in [0.5, 0.6) is 11.6 Å². The molecule has 0 saturated carbocycles. The van der Waals surface area contributed by atoms with Gasteiger partial charge >= 0.3 is 0 Å². The number of aromatic hydroxyl groups is 1. The summed E-state index contributed by atoms with van der Waals surface area (Å²) in [5.41, 5.74) is 2.81. The Morgan fingerprint density at radius 3 is 2.47 bits per heavy atom. The van der Waals surface area contributed by atoms with E-state index >= 15 is 0 Å². The Morgan fingerprint density at radius 2 is 1.82 bits per heavy atom. The number of fused-ring (bicyclic) bond motifs is 2. The lowest BCUT2D eigenvalue weighted by Crippen LogP contribution is -2.54. The van der Waals surface area contributed by atoms with Crippen LogP contribution in [0.25, 0.3) is 22.4 Å². The van der Waals surface area contributed by atoms with Gasteiger partial charge in [0, 0.05) is 35.3 Å². The number of nitrogens with zero attached hydrogens (tertiary/aromatic N) is 3. The summed E-state index contributed by atoms with van der Waals surface area (Å²) >= 11 is 0. The van der Waals surface area contributed by atoms with E-state index < -0.39 is 5.95 Å². The van der Waals surface area contributed by atoms with Crippen LogP contribution in [0.3, 0.4) is 0 Å². The molecule has 2 aliphatic rings. The third kappa shape index (κ3) is 4.55. The van der Waals surface area contributed by atoms with Crippen molar-refractivity contribution in [3.63, 3.8) is 0 Å². The number of methoxy groups -OCH3 is 1. The number of phenols is 1. The molecule has 2 saturated heterocycles. The van der Waals surface area contributed by atoms with Gasteiger partial charge in [0.15, 0.2) is 0 Å². The first kappa shape index (κ1) is 22.5. The number of aromatic nitrogens is 3. The standard InChI is InChI=1S/C26H30FN5O2/c1-25-8-9-26(2,32-25)14-16(13-25)15-28-23-7-6-20(30-31-23)19-5-4-17(10-21(19)33)18-11-22(27)29-24(12-18)34-3/h4-7,10-12,16,32-33H,8-9,13-15H2,1-3H3,(H,28,31). The first-order valence-electron chi connectivity index (χ1n) is 11.7. The molecule has 1 aromatic carbocycles. The quantitative estimate of drug-likeness (QED) is 0.453. The van der Waals surface area contributed by atoms with Crippen molar-refractivity contribution in [3.8, 4) is 34.0 Å². The van der Waals surface area contributed by atoms with Gasteiger partial charge in [0.2, 0.25) is 11.8 Å². The molecule has 2 unspecified atom stereocenters. The monoisotopic (exact) mass is 463 g/mol. The van der Waals surface area contributed by atoms with E-state index in [0.717, 1.165) is 25.2 Å². The molecule has 2 bridgehead atoms. The molecule has 0 radical (unpaired) electrons. The van der Waals surface area contributed by atoms with Gasteiger partial charge in [-0.05, 0) is 80.8 Å². The lowest BCUT2D eigenvalue weighted by atomic mass is 9.80. The molecule has 0 amide bonds. The number of hydrogen-bond donors (Lipinski definition) is 3. The number of pyridine rings is 1. The van der Waals surface area contributed by atoms with Crippen LogP contribution in [0.1, 0.15) is 39.5 Å². The van der Waals surface area contributed by atoms with Gasteiger partial charge in [-0.25, -0.2) is 0 Å². The largest absolute Gasteiger partial charge is 0.507 e. The zero-order valence-electron chi connectivity index (χ0n) is 19.7. The minimum Gasteiger partial charge on any atom is -0.507 e. The Labute approximate surface area is 198 Å². The van der Waals surface area contributed by atoms with E-state index in [4.69, 9.17) is 4.74 Å². The van der Waals surface area contributed by atoms with E-state index in [2.05, 4.69) is 39.7 Å². The van der Waals surface area contributed by atoms with Crippen LogP contribution >= 0.6 is 0 Å². The Morgan fingerprint density at radius 1 is 1.06 bits per heavy atom. The first-order chi connectivity index (χ1) is 16.2. The average Bonchev–Trinajstić information content (AvgIpc) is 3.04. The number of benzene rings is 1. The number of phenolic OH excluding ortho intramolecular Hbond substituents is 1. The fourth-order valence-electron chi connectivity index (χ4n) is 5.69. The number of hydrogen-bond acceptors (Lipinski definition) is 7. The highest BCUT2D eigenvalue weighted by Crippen LogP contribution is 2.44. The highest BCUT2D eigenvalue weighted by atomic mass is 19.1. The van der Waals surface area contributed by atoms with Crippen LogP contribution in [0.4, 0.5) is 10.2 Å². The van der Waals surface area contributed by atoms with Crippen LogP contribution in [0, 0.1) is 11.9 Å².